The molecule has 1 unspecified atom stereocenters. The minimum atomic E-state index is 0.298. The first-order chi connectivity index (χ1) is 8.08. The molecule has 1 aliphatic rings. The molecule has 2 nitrogen and oxygen atoms in total. The third-order valence-electron chi connectivity index (χ3n) is 4.48. The molecule has 0 aromatic carbocycles. The molecule has 1 aliphatic heterocycles. The lowest BCUT2D eigenvalue weighted by Crippen LogP contribution is -2.67. The minimum absolute atomic E-state index is 0.298. The fraction of sp³-hybridized carbons (Fsp3) is 1.00. The van der Waals surface area contributed by atoms with Crippen LogP contribution in [0.2, 0.25) is 0 Å². The lowest BCUT2D eigenvalue weighted by molar-refractivity contribution is 0.0283. The summed E-state index contributed by atoms with van der Waals surface area (Å²) in [4.78, 5) is 2.69. The first kappa shape index (κ1) is 16.0. The molecule has 0 aliphatic carbocycles. The van der Waals surface area contributed by atoms with Gasteiger partial charge in [-0.25, -0.2) is 0 Å². The summed E-state index contributed by atoms with van der Waals surface area (Å²) in [7, 11) is 0. The topological polar surface area (TPSA) is 15.3 Å². The van der Waals surface area contributed by atoms with E-state index in [0.717, 1.165) is 6.54 Å². The van der Waals surface area contributed by atoms with Gasteiger partial charge < -0.3 is 5.32 Å². The third kappa shape index (κ3) is 4.55. The number of hydrogen-bond acceptors (Lipinski definition) is 2. The van der Waals surface area contributed by atoms with E-state index in [-0.39, 0.29) is 0 Å². The lowest BCUT2D eigenvalue weighted by Gasteiger charge is -2.51. The summed E-state index contributed by atoms with van der Waals surface area (Å²) in [5, 5.41) is 3.73. The highest BCUT2D eigenvalue weighted by Crippen LogP contribution is 2.27. The van der Waals surface area contributed by atoms with E-state index in [0.29, 0.717) is 16.5 Å². The summed E-state index contributed by atoms with van der Waals surface area (Å²) >= 11 is 0. The second-order valence-electron chi connectivity index (χ2n) is 8.17. The quantitative estimate of drug-likeness (QED) is 0.823. The van der Waals surface area contributed by atoms with Crippen molar-refractivity contribution in [1.82, 2.24) is 10.2 Å². The molecule has 0 saturated carbocycles. The predicted octanol–water partition coefficient (Wildman–Crippen LogP) is 3.67. The van der Waals surface area contributed by atoms with Crippen molar-refractivity contribution in [3.05, 3.63) is 0 Å². The number of rotatable bonds is 4. The Bertz CT molecular complexity index is 265. The Morgan fingerprint density at radius 2 is 1.78 bits per heavy atom. The van der Waals surface area contributed by atoms with E-state index in [1.165, 1.54) is 32.4 Å². The highest BCUT2D eigenvalue weighted by Gasteiger charge is 2.38. The molecule has 18 heavy (non-hydrogen) atoms. The predicted molar refractivity (Wildman–Crippen MR) is 81.0 cm³/mol. The largest absolute Gasteiger partial charge is 0.308 e. The molecule has 0 aromatic rings. The van der Waals surface area contributed by atoms with E-state index in [2.05, 4.69) is 58.7 Å². The van der Waals surface area contributed by atoms with Gasteiger partial charge in [0.05, 0.1) is 0 Å². The fourth-order valence-electron chi connectivity index (χ4n) is 2.65. The van der Waals surface area contributed by atoms with Gasteiger partial charge >= 0.3 is 0 Å². The monoisotopic (exact) mass is 254 g/mol. The zero-order valence-electron chi connectivity index (χ0n) is 13.7. The Kier molecular flexibility index (Phi) is 4.88. The van der Waals surface area contributed by atoms with E-state index in [4.69, 9.17) is 0 Å². The molecule has 1 rings (SSSR count). The average molecular weight is 254 g/mol. The minimum Gasteiger partial charge on any atom is -0.308 e. The van der Waals surface area contributed by atoms with Crippen LogP contribution < -0.4 is 5.32 Å². The van der Waals surface area contributed by atoms with Crippen LogP contribution in [-0.2, 0) is 0 Å². The van der Waals surface area contributed by atoms with Crippen molar-refractivity contribution in [3.63, 3.8) is 0 Å². The van der Waals surface area contributed by atoms with E-state index in [1.54, 1.807) is 0 Å². The molecule has 1 fully saturated rings. The van der Waals surface area contributed by atoms with Crippen molar-refractivity contribution >= 4 is 0 Å². The molecule has 1 heterocycles. The zero-order chi connectivity index (χ0) is 14.0. The van der Waals surface area contributed by atoms with Crippen molar-refractivity contribution in [2.24, 2.45) is 5.41 Å². The van der Waals surface area contributed by atoms with E-state index in [1.807, 2.05) is 0 Å². The molecule has 1 atom stereocenters. The second kappa shape index (κ2) is 5.50. The van der Waals surface area contributed by atoms with Gasteiger partial charge in [-0.15, -0.1) is 0 Å². The molecule has 1 N–H and O–H groups in total. The van der Waals surface area contributed by atoms with Crippen LogP contribution in [0.15, 0.2) is 0 Å². The third-order valence-corrected chi connectivity index (χ3v) is 4.48. The Morgan fingerprint density at radius 3 is 2.28 bits per heavy atom. The standard InChI is InChI=1S/C16H34N2/c1-8-16(7)13-18(15(5,6)12-17-16)11-9-10-14(2,3)4/h17H,8-13H2,1-7H3. The highest BCUT2D eigenvalue weighted by atomic mass is 15.3. The van der Waals surface area contributed by atoms with Crippen LogP contribution in [0.25, 0.3) is 0 Å². The van der Waals surface area contributed by atoms with Crippen LogP contribution in [0.4, 0.5) is 0 Å². The first-order valence-electron chi connectivity index (χ1n) is 7.58. The summed E-state index contributed by atoms with van der Waals surface area (Å²) in [5.74, 6) is 0. The van der Waals surface area contributed by atoms with Gasteiger partial charge in [0.2, 0.25) is 0 Å². The summed E-state index contributed by atoms with van der Waals surface area (Å²) < 4.78 is 0. The van der Waals surface area contributed by atoms with Crippen LogP contribution in [0.3, 0.4) is 0 Å². The van der Waals surface area contributed by atoms with E-state index in [9.17, 15) is 0 Å². The molecule has 0 bridgehead atoms. The molecule has 1 saturated heterocycles. The van der Waals surface area contributed by atoms with Crippen LogP contribution in [0.5, 0.6) is 0 Å². The van der Waals surface area contributed by atoms with Gasteiger partial charge in [-0.05, 0) is 52.0 Å². The van der Waals surface area contributed by atoms with Gasteiger partial charge in [-0.3, -0.25) is 4.90 Å². The number of hydrogen-bond donors (Lipinski definition) is 1. The molecule has 0 radical (unpaired) electrons. The summed E-state index contributed by atoms with van der Waals surface area (Å²) in [5.41, 5.74) is 1.07. The van der Waals surface area contributed by atoms with E-state index < -0.39 is 0 Å². The van der Waals surface area contributed by atoms with E-state index >= 15 is 0 Å². The zero-order valence-corrected chi connectivity index (χ0v) is 13.7. The molecule has 2 heteroatoms. The molecule has 0 aromatic heterocycles. The van der Waals surface area contributed by atoms with Crippen LogP contribution in [0, 0.1) is 5.41 Å². The van der Waals surface area contributed by atoms with Gasteiger partial charge in [0, 0.05) is 24.2 Å². The number of piperazine rings is 1. The smallest absolute Gasteiger partial charge is 0.0278 e. The summed E-state index contributed by atoms with van der Waals surface area (Å²) in [6.07, 6.45) is 3.83. The van der Waals surface area contributed by atoms with Crippen LogP contribution in [-0.4, -0.2) is 35.6 Å². The van der Waals surface area contributed by atoms with Gasteiger partial charge in [0.1, 0.15) is 0 Å². The SMILES string of the molecule is CCC1(C)CN(CCCC(C)(C)C)C(C)(C)CN1. The summed E-state index contributed by atoms with van der Waals surface area (Å²) in [6.45, 7) is 19.9. The Morgan fingerprint density at radius 1 is 1.17 bits per heavy atom. The first-order valence-corrected chi connectivity index (χ1v) is 7.58. The maximum absolute atomic E-state index is 3.73. The molecule has 108 valence electrons. The van der Waals surface area contributed by atoms with Gasteiger partial charge in [-0.2, -0.15) is 0 Å². The maximum Gasteiger partial charge on any atom is 0.0278 e. The number of nitrogens with zero attached hydrogens (tertiary/aromatic N) is 1. The summed E-state index contributed by atoms with van der Waals surface area (Å²) in [6, 6.07) is 0. The number of nitrogens with one attached hydrogen (secondary N) is 1. The van der Waals surface area contributed by atoms with Gasteiger partial charge in [0.25, 0.3) is 0 Å². The fourth-order valence-corrected chi connectivity index (χ4v) is 2.65. The molecular weight excluding hydrogens is 220 g/mol. The van der Waals surface area contributed by atoms with Crippen molar-refractivity contribution in [3.8, 4) is 0 Å². The van der Waals surface area contributed by atoms with Crippen LogP contribution >= 0.6 is 0 Å². The molecular formula is C16H34N2. The molecule has 0 spiro atoms. The van der Waals surface area contributed by atoms with Crippen molar-refractivity contribution in [2.75, 3.05) is 19.6 Å². The molecule has 0 amide bonds. The average Bonchev–Trinajstić information content (AvgIpc) is 2.22. The maximum atomic E-state index is 3.73. The highest BCUT2D eigenvalue weighted by molar-refractivity contribution is 4.99. The normalized spacial score (nSPS) is 29.5. The van der Waals surface area contributed by atoms with Crippen molar-refractivity contribution in [1.29, 1.82) is 0 Å². The van der Waals surface area contributed by atoms with Gasteiger partial charge in [-0.1, -0.05) is 27.7 Å². The Balaban J connectivity index is 2.54. The van der Waals surface area contributed by atoms with Crippen molar-refractivity contribution < 1.29 is 0 Å². The second-order valence-corrected chi connectivity index (χ2v) is 8.17. The Labute approximate surface area is 115 Å². The van der Waals surface area contributed by atoms with Gasteiger partial charge in [0.15, 0.2) is 0 Å². The van der Waals surface area contributed by atoms with Crippen molar-refractivity contribution in [2.45, 2.75) is 78.8 Å². The lowest BCUT2D eigenvalue weighted by atomic mass is 9.86. The Hall–Kier alpha value is -0.0800. The van der Waals surface area contributed by atoms with Crippen LogP contribution in [0.1, 0.15) is 67.7 Å².